The molecule has 39 heavy (non-hydrogen) atoms. The molecular weight excluding hydrogens is 554 g/mol. The normalized spacial score (nSPS) is 19.2. The fourth-order valence-electron chi connectivity index (χ4n) is 5.06. The van der Waals surface area contributed by atoms with Crippen LogP contribution in [0.3, 0.4) is 0 Å². The van der Waals surface area contributed by atoms with Crippen LogP contribution in [0.5, 0.6) is 0 Å². The summed E-state index contributed by atoms with van der Waals surface area (Å²) in [6, 6.07) is 3.40. The number of piperidine rings is 1. The summed E-state index contributed by atoms with van der Waals surface area (Å²) in [5.41, 5.74) is 5.28. The zero-order valence-electron chi connectivity index (χ0n) is 21.7. The van der Waals surface area contributed by atoms with E-state index in [9.17, 15) is 39.6 Å². The van der Waals surface area contributed by atoms with E-state index in [4.69, 9.17) is 15.6 Å². The van der Waals surface area contributed by atoms with E-state index in [2.05, 4.69) is 0 Å². The van der Waals surface area contributed by atoms with Gasteiger partial charge in [0.15, 0.2) is 9.84 Å². The molecule has 2 fully saturated rings. The molecule has 1 amide bonds. The van der Waals surface area contributed by atoms with Gasteiger partial charge in [-0.3, -0.25) is 4.79 Å². The highest BCUT2D eigenvalue weighted by molar-refractivity contribution is 7.92. The molecule has 1 heterocycles. The zero-order chi connectivity index (χ0) is 29.8. The summed E-state index contributed by atoms with van der Waals surface area (Å²) < 4.78 is 96.3. The number of hydrogen-bond donors (Lipinski definition) is 2. The summed E-state index contributed by atoms with van der Waals surface area (Å²) in [5.74, 6) is -2.91. The minimum atomic E-state index is -5.08. The number of amides is 1. The van der Waals surface area contributed by atoms with Crippen molar-refractivity contribution in [3.8, 4) is 0 Å². The Balaban J connectivity index is 0.000000673. The van der Waals surface area contributed by atoms with Gasteiger partial charge in [-0.1, -0.05) is 25.3 Å². The first kappa shape index (κ1) is 32.9. The smallest absolute Gasteiger partial charge is 0.475 e. The van der Waals surface area contributed by atoms with Crippen LogP contribution in [0.15, 0.2) is 29.2 Å². The number of hydrogen-bond acceptors (Lipinski definition) is 5. The van der Waals surface area contributed by atoms with Crippen LogP contribution in [0.2, 0.25) is 0 Å². The minimum Gasteiger partial charge on any atom is -0.475 e. The number of halogens is 6. The molecular formula is C25H34F6N2O5S. The van der Waals surface area contributed by atoms with Crippen LogP contribution in [0.25, 0.3) is 0 Å². The Morgan fingerprint density at radius 2 is 1.49 bits per heavy atom. The molecule has 1 saturated heterocycles. The first-order valence-electron chi connectivity index (χ1n) is 12.6. The second-order valence-corrected chi connectivity index (χ2v) is 13.0. The SMILES string of the molecule is CC(C)(C1CCN(C(=O)[C@@H](N)C2CCCCC2)CC1)S(=O)(=O)c1cccc(C(F)(F)F)c1.O=C(O)C(F)(F)F. The van der Waals surface area contributed by atoms with Gasteiger partial charge in [0, 0.05) is 13.1 Å². The summed E-state index contributed by atoms with van der Waals surface area (Å²) in [6.07, 6.45) is -3.47. The van der Waals surface area contributed by atoms with Crippen LogP contribution < -0.4 is 5.73 Å². The van der Waals surface area contributed by atoms with Gasteiger partial charge in [0.2, 0.25) is 5.91 Å². The number of nitrogens with two attached hydrogens (primary N) is 1. The third kappa shape index (κ3) is 8.09. The van der Waals surface area contributed by atoms with Crippen LogP contribution in [-0.2, 0) is 25.6 Å². The Labute approximate surface area is 223 Å². The zero-order valence-corrected chi connectivity index (χ0v) is 22.5. The van der Waals surface area contributed by atoms with Crippen molar-refractivity contribution in [2.24, 2.45) is 17.6 Å². The fourth-order valence-corrected chi connectivity index (χ4v) is 6.89. The lowest BCUT2D eigenvalue weighted by molar-refractivity contribution is -0.192. The molecule has 1 atom stereocenters. The van der Waals surface area contributed by atoms with Crippen molar-refractivity contribution in [1.82, 2.24) is 4.90 Å². The van der Waals surface area contributed by atoms with E-state index in [-0.39, 0.29) is 22.6 Å². The first-order valence-corrected chi connectivity index (χ1v) is 14.0. The summed E-state index contributed by atoms with van der Waals surface area (Å²) in [5, 5.41) is 7.12. The number of alkyl halides is 6. The molecule has 222 valence electrons. The molecule has 0 unspecified atom stereocenters. The number of nitrogens with zero attached hydrogens (tertiary/aromatic N) is 1. The number of carboxylic acid groups (broad SMARTS) is 1. The summed E-state index contributed by atoms with van der Waals surface area (Å²) >= 11 is 0. The molecule has 1 aliphatic heterocycles. The summed E-state index contributed by atoms with van der Waals surface area (Å²) in [6.45, 7) is 3.95. The second-order valence-electron chi connectivity index (χ2n) is 10.5. The number of likely N-dealkylation sites (tertiary alicyclic amines) is 1. The van der Waals surface area contributed by atoms with Gasteiger partial charge in [0.1, 0.15) is 0 Å². The van der Waals surface area contributed by atoms with E-state index < -0.39 is 44.5 Å². The monoisotopic (exact) mass is 588 g/mol. The maximum atomic E-state index is 13.3. The Morgan fingerprint density at radius 1 is 0.974 bits per heavy atom. The van der Waals surface area contributed by atoms with Crippen LogP contribution in [0.4, 0.5) is 26.3 Å². The van der Waals surface area contributed by atoms with Gasteiger partial charge >= 0.3 is 18.3 Å². The molecule has 1 aromatic rings. The van der Waals surface area contributed by atoms with E-state index in [1.807, 2.05) is 0 Å². The lowest BCUT2D eigenvalue weighted by Crippen LogP contribution is -2.53. The highest BCUT2D eigenvalue weighted by atomic mass is 32.2. The fraction of sp³-hybridized carbons (Fsp3) is 0.680. The van der Waals surface area contributed by atoms with Gasteiger partial charge in [0.05, 0.1) is 21.2 Å². The van der Waals surface area contributed by atoms with Crippen molar-refractivity contribution in [1.29, 1.82) is 0 Å². The van der Waals surface area contributed by atoms with Crippen molar-refractivity contribution < 1.29 is 49.5 Å². The summed E-state index contributed by atoms with van der Waals surface area (Å²) in [4.78, 5) is 23.2. The number of benzene rings is 1. The maximum absolute atomic E-state index is 13.3. The molecule has 0 radical (unpaired) electrons. The Bertz CT molecular complexity index is 1110. The molecule has 0 aromatic heterocycles. The Kier molecular flexibility index (Phi) is 10.5. The summed E-state index contributed by atoms with van der Waals surface area (Å²) in [7, 11) is -4.02. The van der Waals surface area contributed by atoms with Gasteiger partial charge in [-0.05, 0) is 69.6 Å². The largest absolute Gasteiger partial charge is 0.490 e. The van der Waals surface area contributed by atoms with E-state index >= 15 is 0 Å². The van der Waals surface area contributed by atoms with Crippen LogP contribution in [0, 0.1) is 11.8 Å². The third-order valence-corrected chi connectivity index (χ3v) is 10.2. The van der Waals surface area contributed by atoms with Crippen molar-refractivity contribution in [3.63, 3.8) is 0 Å². The highest BCUT2D eigenvalue weighted by Gasteiger charge is 2.45. The van der Waals surface area contributed by atoms with Crippen molar-refractivity contribution >= 4 is 21.7 Å². The maximum Gasteiger partial charge on any atom is 0.490 e. The molecule has 3 rings (SSSR count). The van der Waals surface area contributed by atoms with E-state index in [1.165, 1.54) is 12.5 Å². The molecule has 2 aliphatic rings. The quantitative estimate of drug-likeness (QED) is 0.466. The predicted molar refractivity (Wildman–Crippen MR) is 130 cm³/mol. The lowest BCUT2D eigenvalue weighted by atomic mass is 9.82. The third-order valence-electron chi connectivity index (χ3n) is 7.64. The topological polar surface area (TPSA) is 118 Å². The molecule has 3 N–H and O–H groups in total. The van der Waals surface area contributed by atoms with E-state index in [1.54, 1.807) is 18.7 Å². The van der Waals surface area contributed by atoms with Gasteiger partial charge in [-0.25, -0.2) is 13.2 Å². The molecule has 0 spiro atoms. The van der Waals surface area contributed by atoms with Gasteiger partial charge < -0.3 is 15.7 Å². The number of carbonyl (C=O) groups is 2. The van der Waals surface area contributed by atoms with Crippen molar-refractivity contribution in [3.05, 3.63) is 29.8 Å². The molecule has 14 heteroatoms. The van der Waals surface area contributed by atoms with Crippen LogP contribution in [-0.4, -0.2) is 60.4 Å². The predicted octanol–water partition coefficient (Wildman–Crippen LogP) is 5.04. The van der Waals surface area contributed by atoms with Gasteiger partial charge in [0.25, 0.3) is 0 Å². The lowest BCUT2D eigenvalue weighted by Gasteiger charge is -2.41. The van der Waals surface area contributed by atoms with Crippen LogP contribution >= 0.6 is 0 Å². The van der Waals surface area contributed by atoms with E-state index in [0.717, 1.165) is 37.8 Å². The van der Waals surface area contributed by atoms with Gasteiger partial charge in [-0.2, -0.15) is 26.3 Å². The number of carbonyl (C=O) groups excluding carboxylic acids is 1. The van der Waals surface area contributed by atoms with Crippen molar-refractivity contribution in [2.45, 2.75) is 86.8 Å². The second kappa shape index (κ2) is 12.4. The molecule has 7 nitrogen and oxygen atoms in total. The minimum absolute atomic E-state index is 0.0751. The Hall–Kier alpha value is -2.35. The highest BCUT2D eigenvalue weighted by Crippen LogP contribution is 2.40. The average Bonchev–Trinajstić information content (AvgIpc) is 2.87. The number of rotatable bonds is 5. The molecule has 1 saturated carbocycles. The standard InChI is InChI=1S/C23H33F3N2O3S.C2HF3O2/c1-22(2,32(30,31)19-10-6-9-18(15-19)23(24,25)26)17-11-13-28(14-12-17)21(29)20(27)16-7-4-3-5-8-16;3-2(4,5)1(6)7/h6,9-10,15-17,20H,3-5,7-8,11-14,27H2,1-2H3;(H,6,7)/t20-;/m0./s1. The van der Waals surface area contributed by atoms with Gasteiger partial charge in [-0.15, -0.1) is 0 Å². The Morgan fingerprint density at radius 3 is 1.95 bits per heavy atom. The van der Waals surface area contributed by atoms with Crippen molar-refractivity contribution in [2.75, 3.05) is 13.1 Å². The first-order chi connectivity index (χ1) is 17.8. The number of aliphatic carboxylic acids is 1. The molecule has 0 bridgehead atoms. The average molecular weight is 589 g/mol. The molecule has 1 aromatic carbocycles. The number of sulfone groups is 1. The van der Waals surface area contributed by atoms with Crippen LogP contribution in [0.1, 0.15) is 64.4 Å². The molecule has 1 aliphatic carbocycles. The van der Waals surface area contributed by atoms with E-state index in [0.29, 0.717) is 32.0 Å². The number of carboxylic acids is 1.